The van der Waals surface area contributed by atoms with Gasteiger partial charge in [-0.05, 0) is 47.1 Å². The molecule has 0 heterocycles. The van der Waals surface area contributed by atoms with Gasteiger partial charge in [0.1, 0.15) is 11.6 Å². The molecule has 0 spiro atoms. The standard InChI is InChI=1S/C15H13BrFNO2/c1-2-20-11-6-3-5-10(9-11)18-15(19)12-7-4-8-13(16)14(12)17/h3-9H,2H2,1H3,(H,18,19). The first-order valence-corrected chi connectivity index (χ1v) is 6.89. The Kier molecular flexibility index (Phi) is 4.74. The second-order valence-electron chi connectivity index (χ2n) is 4.02. The molecule has 20 heavy (non-hydrogen) atoms. The van der Waals surface area contributed by atoms with Gasteiger partial charge in [0.2, 0.25) is 0 Å². The zero-order valence-corrected chi connectivity index (χ0v) is 12.4. The summed E-state index contributed by atoms with van der Waals surface area (Å²) in [7, 11) is 0. The molecule has 0 saturated heterocycles. The van der Waals surface area contributed by atoms with Crippen LogP contribution < -0.4 is 10.1 Å². The predicted octanol–water partition coefficient (Wildman–Crippen LogP) is 4.24. The van der Waals surface area contributed by atoms with Gasteiger partial charge in [0, 0.05) is 11.8 Å². The highest BCUT2D eigenvalue weighted by atomic mass is 79.9. The normalized spacial score (nSPS) is 10.2. The highest BCUT2D eigenvalue weighted by Crippen LogP contribution is 2.21. The van der Waals surface area contributed by atoms with Crippen LogP contribution in [0.3, 0.4) is 0 Å². The highest BCUT2D eigenvalue weighted by molar-refractivity contribution is 9.10. The summed E-state index contributed by atoms with van der Waals surface area (Å²) in [6.07, 6.45) is 0. The van der Waals surface area contributed by atoms with Gasteiger partial charge in [-0.2, -0.15) is 0 Å². The molecule has 0 aliphatic rings. The minimum atomic E-state index is -0.578. The van der Waals surface area contributed by atoms with Crippen LogP contribution in [0.5, 0.6) is 5.75 Å². The summed E-state index contributed by atoms with van der Waals surface area (Å²) in [6.45, 7) is 2.42. The number of ether oxygens (including phenoxy) is 1. The minimum absolute atomic E-state index is 0.0128. The summed E-state index contributed by atoms with van der Waals surface area (Å²) in [5.74, 6) is -0.427. The molecule has 1 amide bonds. The first-order valence-electron chi connectivity index (χ1n) is 6.10. The van der Waals surface area contributed by atoms with Gasteiger partial charge >= 0.3 is 0 Å². The highest BCUT2D eigenvalue weighted by Gasteiger charge is 2.14. The first kappa shape index (κ1) is 14.5. The molecule has 0 atom stereocenters. The van der Waals surface area contributed by atoms with Crippen molar-refractivity contribution in [3.63, 3.8) is 0 Å². The van der Waals surface area contributed by atoms with Gasteiger partial charge in [0.05, 0.1) is 16.6 Å². The molecular formula is C15H13BrFNO2. The maximum absolute atomic E-state index is 13.8. The Hall–Kier alpha value is -1.88. The Balaban J connectivity index is 2.19. The third-order valence-electron chi connectivity index (χ3n) is 2.60. The number of nitrogens with one attached hydrogen (secondary N) is 1. The lowest BCUT2D eigenvalue weighted by Crippen LogP contribution is -2.14. The molecule has 0 fully saturated rings. The summed E-state index contributed by atoms with van der Waals surface area (Å²) >= 11 is 3.06. The van der Waals surface area contributed by atoms with Gasteiger partial charge in [-0.3, -0.25) is 4.79 Å². The van der Waals surface area contributed by atoms with Gasteiger partial charge in [0.15, 0.2) is 0 Å². The van der Waals surface area contributed by atoms with Crippen molar-refractivity contribution in [3.8, 4) is 5.75 Å². The SMILES string of the molecule is CCOc1cccc(NC(=O)c2cccc(Br)c2F)c1. The number of rotatable bonds is 4. The predicted molar refractivity (Wildman–Crippen MR) is 79.7 cm³/mol. The summed E-state index contributed by atoms with van der Waals surface area (Å²) in [5.41, 5.74) is 0.543. The van der Waals surface area contributed by atoms with E-state index < -0.39 is 11.7 Å². The van der Waals surface area contributed by atoms with Crippen LogP contribution in [0.25, 0.3) is 0 Å². The lowest BCUT2D eigenvalue weighted by atomic mass is 10.2. The van der Waals surface area contributed by atoms with Crippen LogP contribution in [0, 0.1) is 5.82 Å². The van der Waals surface area contributed by atoms with E-state index >= 15 is 0 Å². The molecule has 3 nitrogen and oxygen atoms in total. The van der Waals surface area contributed by atoms with Crippen LogP contribution in [0.1, 0.15) is 17.3 Å². The van der Waals surface area contributed by atoms with E-state index in [2.05, 4.69) is 21.2 Å². The molecule has 0 saturated carbocycles. The average molecular weight is 338 g/mol. The van der Waals surface area contributed by atoms with Crippen molar-refractivity contribution in [3.05, 3.63) is 58.3 Å². The number of benzene rings is 2. The molecule has 0 aliphatic carbocycles. The molecule has 1 N–H and O–H groups in total. The monoisotopic (exact) mass is 337 g/mol. The third-order valence-corrected chi connectivity index (χ3v) is 3.21. The third kappa shape index (κ3) is 3.36. The quantitative estimate of drug-likeness (QED) is 0.906. The molecule has 0 unspecified atom stereocenters. The largest absolute Gasteiger partial charge is 0.494 e. The lowest BCUT2D eigenvalue weighted by Gasteiger charge is -2.09. The maximum Gasteiger partial charge on any atom is 0.258 e. The zero-order chi connectivity index (χ0) is 14.5. The zero-order valence-electron chi connectivity index (χ0n) is 10.8. The van der Waals surface area contributed by atoms with E-state index in [0.717, 1.165) is 0 Å². The van der Waals surface area contributed by atoms with Crippen molar-refractivity contribution in [1.82, 2.24) is 0 Å². The molecule has 2 aromatic carbocycles. The van der Waals surface area contributed by atoms with E-state index in [-0.39, 0.29) is 10.0 Å². The van der Waals surface area contributed by atoms with E-state index in [4.69, 9.17) is 4.74 Å². The fraction of sp³-hybridized carbons (Fsp3) is 0.133. The van der Waals surface area contributed by atoms with Crippen molar-refractivity contribution in [1.29, 1.82) is 0 Å². The molecular weight excluding hydrogens is 325 g/mol. The maximum atomic E-state index is 13.8. The second-order valence-corrected chi connectivity index (χ2v) is 4.87. The Morgan fingerprint density at radius 3 is 2.80 bits per heavy atom. The van der Waals surface area contributed by atoms with Gasteiger partial charge in [-0.15, -0.1) is 0 Å². The fourth-order valence-corrected chi connectivity index (χ4v) is 2.07. The Morgan fingerprint density at radius 1 is 1.30 bits per heavy atom. The molecule has 0 aromatic heterocycles. The van der Waals surface area contributed by atoms with Gasteiger partial charge in [-0.1, -0.05) is 12.1 Å². The summed E-state index contributed by atoms with van der Waals surface area (Å²) in [6, 6.07) is 11.5. The van der Waals surface area contributed by atoms with Crippen molar-refractivity contribution in [2.24, 2.45) is 0 Å². The Morgan fingerprint density at radius 2 is 2.05 bits per heavy atom. The minimum Gasteiger partial charge on any atom is -0.494 e. The lowest BCUT2D eigenvalue weighted by molar-refractivity contribution is 0.102. The van der Waals surface area contributed by atoms with Crippen molar-refractivity contribution in [2.45, 2.75) is 6.92 Å². The number of amides is 1. The van der Waals surface area contributed by atoms with Crippen molar-refractivity contribution < 1.29 is 13.9 Å². The van der Waals surface area contributed by atoms with E-state index in [1.807, 2.05) is 6.92 Å². The van der Waals surface area contributed by atoms with Crippen LogP contribution in [0.2, 0.25) is 0 Å². The van der Waals surface area contributed by atoms with E-state index in [9.17, 15) is 9.18 Å². The number of hydrogen-bond donors (Lipinski definition) is 1. The Labute approximate surface area is 124 Å². The second kappa shape index (κ2) is 6.52. The van der Waals surface area contributed by atoms with Gasteiger partial charge in [-0.25, -0.2) is 4.39 Å². The first-order chi connectivity index (χ1) is 9.61. The smallest absolute Gasteiger partial charge is 0.258 e. The molecule has 0 aliphatic heterocycles. The van der Waals surface area contributed by atoms with Crippen LogP contribution in [-0.2, 0) is 0 Å². The number of hydrogen-bond acceptors (Lipinski definition) is 2. The van der Waals surface area contributed by atoms with E-state index in [1.54, 1.807) is 36.4 Å². The average Bonchev–Trinajstić information content (AvgIpc) is 2.42. The molecule has 2 rings (SSSR count). The molecule has 104 valence electrons. The molecule has 5 heteroatoms. The number of halogens is 2. The fourth-order valence-electron chi connectivity index (χ4n) is 1.71. The van der Waals surface area contributed by atoms with Gasteiger partial charge < -0.3 is 10.1 Å². The van der Waals surface area contributed by atoms with Crippen LogP contribution in [0.4, 0.5) is 10.1 Å². The van der Waals surface area contributed by atoms with Crippen LogP contribution in [0.15, 0.2) is 46.9 Å². The van der Waals surface area contributed by atoms with Gasteiger partial charge in [0.25, 0.3) is 5.91 Å². The van der Waals surface area contributed by atoms with Crippen molar-refractivity contribution in [2.75, 3.05) is 11.9 Å². The molecule has 0 radical (unpaired) electrons. The van der Waals surface area contributed by atoms with Crippen LogP contribution >= 0.6 is 15.9 Å². The number of carbonyl (C=O) groups is 1. The topological polar surface area (TPSA) is 38.3 Å². The van der Waals surface area contributed by atoms with E-state index in [1.165, 1.54) is 6.07 Å². The summed E-state index contributed by atoms with van der Waals surface area (Å²) in [5, 5.41) is 2.65. The summed E-state index contributed by atoms with van der Waals surface area (Å²) in [4.78, 5) is 12.0. The Bertz CT molecular complexity index is 631. The van der Waals surface area contributed by atoms with Crippen molar-refractivity contribution >= 4 is 27.5 Å². The summed E-state index contributed by atoms with van der Waals surface area (Å²) < 4.78 is 19.4. The van der Waals surface area contributed by atoms with Crippen LogP contribution in [-0.4, -0.2) is 12.5 Å². The van der Waals surface area contributed by atoms with E-state index in [0.29, 0.717) is 18.0 Å². The molecule has 2 aromatic rings. The number of carbonyl (C=O) groups excluding carboxylic acids is 1. The number of anilines is 1. The molecule has 0 bridgehead atoms.